The largest absolute Gasteiger partial charge is 0.457 e. The molecule has 4 nitrogen and oxygen atoms in total. The zero-order chi connectivity index (χ0) is 17.0. The zero-order valence-corrected chi connectivity index (χ0v) is 14.7. The van der Waals surface area contributed by atoms with E-state index in [4.69, 9.17) is 4.74 Å². The van der Waals surface area contributed by atoms with Gasteiger partial charge in [-0.1, -0.05) is 24.3 Å². The first-order valence-corrected chi connectivity index (χ1v) is 9.76. The van der Waals surface area contributed by atoms with Gasteiger partial charge < -0.3 is 4.74 Å². The highest BCUT2D eigenvalue weighted by atomic mass is 32.2. The Morgan fingerprint density at radius 3 is 2.42 bits per heavy atom. The van der Waals surface area contributed by atoms with Crippen molar-refractivity contribution in [3.05, 3.63) is 76.5 Å². The number of ether oxygens (including phenoxy) is 1. The van der Waals surface area contributed by atoms with Gasteiger partial charge in [-0.05, 0) is 54.3 Å². The van der Waals surface area contributed by atoms with Gasteiger partial charge in [-0.3, -0.25) is 0 Å². The summed E-state index contributed by atoms with van der Waals surface area (Å²) in [6, 6.07) is 17.9. The maximum atomic E-state index is 12.3. The lowest BCUT2D eigenvalue weighted by Gasteiger charge is -2.10. The first-order valence-electron chi connectivity index (χ1n) is 7.40. The first-order chi connectivity index (χ1) is 11.5. The van der Waals surface area contributed by atoms with Crippen LogP contribution in [0.5, 0.6) is 11.5 Å². The number of hydrogen-bond donors (Lipinski definition) is 1. The molecule has 0 spiro atoms. The molecule has 3 rings (SSSR count). The van der Waals surface area contributed by atoms with E-state index in [1.54, 1.807) is 24.3 Å². The van der Waals surface area contributed by atoms with Crippen LogP contribution in [0.15, 0.2) is 70.9 Å². The van der Waals surface area contributed by atoms with Gasteiger partial charge >= 0.3 is 0 Å². The van der Waals surface area contributed by atoms with Gasteiger partial charge in [-0.25, -0.2) is 13.1 Å². The van der Waals surface area contributed by atoms with Gasteiger partial charge in [0.15, 0.2) is 0 Å². The Bertz CT molecular complexity index is 902. The highest BCUT2D eigenvalue weighted by Gasteiger charge is 2.14. The molecule has 124 valence electrons. The van der Waals surface area contributed by atoms with E-state index in [-0.39, 0.29) is 4.90 Å². The molecule has 0 aliphatic rings. The molecule has 6 heteroatoms. The van der Waals surface area contributed by atoms with E-state index < -0.39 is 10.0 Å². The Morgan fingerprint density at radius 2 is 1.75 bits per heavy atom. The highest BCUT2D eigenvalue weighted by Crippen LogP contribution is 2.25. The number of hydrogen-bond acceptors (Lipinski definition) is 4. The van der Waals surface area contributed by atoms with Crippen molar-refractivity contribution in [2.45, 2.75) is 18.4 Å². The van der Waals surface area contributed by atoms with Crippen LogP contribution in [0, 0.1) is 6.92 Å². The highest BCUT2D eigenvalue weighted by molar-refractivity contribution is 7.89. The monoisotopic (exact) mass is 359 g/mol. The second kappa shape index (κ2) is 7.17. The van der Waals surface area contributed by atoms with Crippen LogP contribution >= 0.6 is 11.3 Å². The molecule has 3 aromatic rings. The third-order valence-corrected chi connectivity index (χ3v) is 5.77. The fraction of sp³-hybridized carbons (Fsp3) is 0.111. The van der Waals surface area contributed by atoms with Crippen molar-refractivity contribution >= 4 is 21.4 Å². The fourth-order valence-electron chi connectivity index (χ4n) is 2.15. The summed E-state index contributed by atoms with van der Waals surface area (Å²) in [4.78, 5) is 1.19. The summed E-state index contributed by atoms with van der Waals surface area (Å²) in [5.74, 6) is 1.35. The lowest BCUT2D eigenvalue weighted by atomic mass is 10.2. The van der Waals surface area contributed by atoms with Gasteiger partial charge in [0.05, 0.1) is 4.90 Å². The van der Waals surface area contributed by atoms with E-state index in [9.17, 15) is 8.42 Å². The van der Waals surface area contributed by atoms with Crippen LogP contribution in [0.2, 0.25) is 0 Å². The van der Waals surface area contributed by atoms with E-state index in [0.717, 1.165) is 16.2 Å². The Labute approximate surface area is 145 Å². The van der Waals surface area contributed by atoms with Crippen molar-refractivity contribution in [2.75, 3.05) is 0 Å². The molecule has 1 aromatic heterocycles. The van der Waals surface area contributed by atoms with E-state index in [2.05, 4.69) is 4.72 Å². The Kier molecular flexibility index (Phi) is 4.99. The Morgan fingerprint density at radius 1 is 1.00 bits per heavy atom. The molecule has 24 heavy (non-hydrogen) atoms. The Balaban J connectivity index is 1.70. The van der Waals surface area contributed by atoms with Crippen molar-refractivity contribution in [3.8, 4) is 11.5 Å². The van der Waals surface area contributed by atoms with Gasteiger partial charge in [-0.15, -0.1) is 11.3 Å². The maximum absolute atomic E-state index is 12.3. The second-order valence-electron chi connectivity index (χ2n) is 5.24. The molecule has 1 heterocycles. The Hall–Kier alpha value is -2.15. The number of sulfonamides is 1. The van der Waals surface area contributed by atoms with Crippen molar-refractivity contribution in [3.63, 3.8) is 0 Å². The molecule has 0 bridgehead atoms. The van der Waals surface area contributed by atoms with Gasteiger partial charge in [-0.2, -0.15) is 0 Å². The molecule has 0 amide bonds. The first kappa shape index (κ1) is 16.7. The predicted octanol–water partition coefficient (Wildman–Crippen LogP) is 4.33. The number of thiophene rings is 1. The topological polar surface area (TPSA) is 55.4 Å². The summed E-state index contributed by atoms with van der Waals surface area (Å²) in [5.41, 5.74) is 1.02. The summed E-state index contributed by atoms with van der Waals surface area (Å²) in [6.07, 6.45) is 0. The molecular formula is C18H17NO3S2. The molecule has 1 N–H and O–H groups in total. The van der Waals surface area contributed by atoms with Gasteiger partial charge in [0.2, 0.25) is 10.0 Å². The van der Waals surface area contributed by atoms with Crippen molar-refractivity contribution < 1.29 is 13.2 Å². The normalized spacial score (nSPS) is 11.4. The predicted molar refractivity (Wildman–Crippen MR) is 96.0 cm³/mol. The summed E-state index contributed by atoms with van der Waals surface area (Å²) in [5, 5.41) is 1.92. The van der Waals surface area contributed by atoms with Crippen LogP contribution in [0.4, 0.5) is 0 Å². The molecule has 0 aliphatic carbocycles. The maximum Gasteiger partial charge on any atom is 0.240 e. The molecule has 0 unspecified atom stereocenters. The van der Waals surface area contributed by atoms with Crippen molar-refractivity contribution in [1.82, 2.24) is 4.72 Å². The minimum Gasteiger partial charge on any atom is -0.457 e. The quantitative estimate of drug-likeness (QED) is 0.713. The smallest absolute Gasteiger partial charge is 0.240 e. The van der Waals surface area contributed by atoms with Crippen LogP contribution in [0.3, 0.4) is 0 Å². The number of rotatable bonds is 6. The second-order valence-corrected chi connectivity index (χ2v) is 8.04. The third-order valence-electron chi connectivity index (χ3n) is 3.47. The van der Waals surface area contributed by atoms with E-state index in [1.807, 2.05) is 48.7 Å². The number of nitrogens with one attached hydrogen (secondary N) is 1. The van der Waals surface area contributed by atoms with Gasteiger partial charge in [0.25, 0.3) is 0 Å². The van der Waals surface area contributed by atoms with E-state index in [0.29, 0.717) is 12.3 Å². The molecule has 0 saturated heterocycles. The number of para-hydroxylation sites is 1. The van der Waals surface area contributed by atoms with Gasteiger partial charge in [0.1, 0.15) is 11.5 Å². The zero-order valence-electron chi connectivity index (χ0n) is 13.1. The lowest BCUT2D eigenvalue weighted by Crippen LogP contribution is -2.22. The molecule has 0 saturated carbocycles. The number of aryl methyl sites for hydroxylation is 1. The summed E-state index contributed by atoms with van der Waals surface area (Å²) in [7, 11) is -3.53. The van der Waals surface area contributed by atoms with Crippen molar-refractivity contribution in [2.24, 2.45) is 0 Å². The average molecular weight is 359 g/mol. The molecule has 0 atom stereocenters. The average Bonchev–Trinajstić information content (AvgIpc) is 3.09. The van der Waals surface area contributed by atoms with Crippen LogP contribution in [-0.4, -0.2) is 8.42 Å². The number of benzene rings is 2. The molecule has 2 aromatic carbocycles. The standard InChI is InChI=1S/C18H17NO3S2/c1-14-5-2-3-7-18(14)22-15-8-10-17(11-9-15)24(20,21)19-13-16-6-4-12-23-16/h2-12,19H,13H2,1H3. The lowest BCUT2D eigenvalue weighted by molar-refractivity contribution is 0.478. The van der Waals surface area contributed by atoms with Crippen LogP contribution < -0.4 is 9.46 Å². The molecular weight excluding hydrogens is 342 g/mol. The van der Waals surface area contributed by atoms with E-state index in [1.165, 1.54) is 11.3 Å². The SMILES string of the molecule is Cc1ccccc1Oc1ccc(S(=O)(=O)NCc2cccs2)cc1. The van der Waals surface area contributed by atoms with Crippen LogP contribution in [0.1, 0.15) is 10.4 Å². The summed E-state index contributed by atoms with van der Waals surface area (Å²) < 4.78 is 33.0. The van der Waals surface area contributed by atoms with Crippen LogP contribution in [0.25, 0.3) is 0 Å². The van der Waals surface area contributed by atoms with Crippen LogP contribution in [-0.2, 0) is 16.6 Å². The van der Waals surface area contributed by atoms with E-state index >= 15 is 0 Å². The molecule has 0 aliphatic heterocycles. The third kappa shape index (κ3) is 4.03. The molecule has 0 radical (unpaired) electrons. The summed E-state index contributed by atoms with van der Waals surface area (Å²) in [6.45, 7) is 2.25. The van der Waals surface area contributed by atoms with Gasteiger partial charge in [0, 0.05) is 11.4 Å². The minimum absolute atomic E-state index is 0.219. The van der Waals surface area contributed by atoms with Crippen molar-refractivity contribution in [1.29, 1.82) is 0 Å². The minimum atomic E-state index is -3.53. The fourth-order valence-corrected chi connectivity index (χ4v) is 3.89. The molecule has 0 fully saturated rings. The summed E-state index contributed by atoms with van der Waals surface area (Å²) >= 11 is 1.52.